The number of aromatic amines is 1. The van der Waals surface area contributed by atoms with Crippen LogP contribution in [0.5, 0.6) is 0 Å². The van der Waals surface area contributed by atoms with Gasteiger partial charge < -0.3 is 5.32 Å². The van der Waals surface area contributed by atoms with Gasteiger partial charge in [0.25, 0.3) is 0 Å². The topological polar surface area (TPSA) is 79.4 Å². The summed E-state index contributed by atoms with van der Waals surface area (Å²) in [6, 6.07) is 10.7. The van der Waals surface area contributed by atoms with Crippen LogP contribution in [-0.4, -0.2) is 25.1 Å². The summed E-state index contributed by atoms with van der Waals surface area (Å²) in [5.41, 5.74) is -0.367. The zero-order chi connectivity index (χ0) is 19.9. The van der Waals surface area contributed by atoms with Crippen molar-refractivity contribution in [2.75, 3.05) is 5.32 Å². The molecule has 0 aliphatic heterocycles. The summed E-state index contributed by atoms with van der Waals surface area (Å²) >= 11 is 2.12. The number of halogens is 4. The van der Waals surface area contributed by atoms with Crippen LogP contribution in [-0.2, 0) is 6.18 Å². The molecule has 0 saturated carbocycles. The van der Waals surface area contributed by atoms with Crippen LogP contribution < -0.4 is 5.32 Å². The Morgan fingerprint density at radius 1 is 1.04 bits per heavy atom. The van der Waals surface area contributed by atoms with Crippen molar-refractivity contribution in [3.63, 3.8) is 0 Å². The molecule has 0 unspecified atom stereocenters. The minimum Gasteiger partial charge on any atom is -0.307 e. The summed E-state index contributed by atoms with van der Waals surface area (Å²) in [7, 11) is 0. The molecule has 2 aromatic heterocycles. The van der Waals surface area contributed by atoms with Gasteiger partial charge in [-0.15, -0.1) is 5.10 Å². The van der Waals surface area contributed by atoms with Crippen LogP contribution in [0.2, 0.25) is 0 Å². The molecular formula is C18H12F3IN6. The second-order valence-electron chi connectivity index (χ2n) is 5.97. The minimum absolute atomic E-state index is 0.0304. The van der Waals surface area contributed by atoms with Crippen LogP contribution in [0.4, 0.5) is 24.9 Å². The molecule has 10 heteroatoms. The first kappa shape index (κ1) is 18.6. The number of nitrogens with zero attached hydrogens (tertiary/aromatic N) is 4. The van der Waals surface area contributed by atoms with Crippen molar-refractivity contribution in [2.24, 2.45) is 0 Å². The van der Waals surface area contributed by atoms with Crippen molar-refractivity contribution in [1.82, 2.24) is 25.1 Å². The third kappa shape index (κ3) is 3.63. The smallest absolute Gasteiger partial charge is 0.307 e. The van der Waals surface area contributed by atoms with Crippen molar-refractivity contribution in [3.05, 3.63) is 57.4 Å². The summed E-state index contributed by atoms with van der Waals surface area (Å²) < 4.78 is 41.3. The molecule has 0 aliphatic rings. The third-order valence-corrected chi connectivity index (χ3v) is 4.63. The Labute approximate surface area is 170 Å². The lowest BCUT2D eigenvalue weighted by atomic mass is 10.1. The van der Waals surface area contributed by atoms with Gasteiger partial charge in [-0.1, -0.05) is 18.2 Å². The Morgan fingerprint density at radius 3 is 2.54 bits per heavy atom. The summed E-state index contributed by atoms with van der Waals surface area (Å²) in [5.74, 6) is 1.16. The van der Waals surface area contributed by atoms with E-state index in [9.17, 15) is 13.2 Å². The van der Waals surface area contributed by atoms with E-state index in [2.05, 4.69) is 53.1 Å². The molecule has 4 aromatic rings. The van der Waals surface area contributed by atoms with Gasteiger partial charge in [-0.05, 0) is 53.8 Å². The Kier molecular flexibility index (Phi) is 4.65. The molecule has 2 N–H and O–H groups in total. The normalized spacial score (nSPS) is 11.8. The van der Waals surface area contributed by atoms with Crippen LogP contribution >= 0.6 is 22.6 Å². The molecule has 0 spiro atoms. The van der Waals surface area contributed by atoms with Crippen LogP contribution in [0.3, 0.4) is 0 Å². The highest BCUT2D eigenvalue weighted by molar-refractivity contribution is 14.1. The van der Waals surface area contributed by atoms with E-state index in [1.165, 1.54) is 18.2 Å². The molecule has 0 saturated heterocycles. The van der Waals surface area contributed by atoms with E-state index in [1.807, 2.05) is 6.07 Å². The highest BCUT2D eigenvalue weighted by Crippen LogP contribution is 2.37. The third-order valence-electron chi connectivity index (χ3n) is 3.96. The highest BCUT2D eigenvalue weighted by Gasteiger charge is 2.34. The number of rotatable bonds is 3. The second-order valence-corrected chi connectivity index (χ2v) is 7.22. The number of aromatic nitrogens is 5. The quantitative estimate of drug-likeness (QED) is 0.387. The Morgan fingerprint density at radius 2 is 1.82 bits per heavy atom. The van der Waals surface area contributed by atoms with Crippen molar-refractivity contribution in [1.29, 1.82) is 0 Å². The average Bonchev–Trinajstić information content (AvgIpc) is 3.05. The number of anilines is 2. The standard InChI is InChI=1S/C18H12F3IN6/c1-9-23-17(28-27-9)26-16-12-7-6-10(22)8-14(12)24-15(25-16)11-4-2-3-5-13(11)18(19,20)21/h2-8H,1H3,(H2,23,24,25,26,27,28). The first-order valence-electron chi connectivity index (χ1n) is 8.11. The fourth-order valence-electron chi connectivity index (χ4n) is 2.75. The van der Waals surface area contributed by atoms with Crippen LogP contribution in [0, 0.1) is 10.5 Å². The van der Waals surface area contributed by atoms with Gasteiger partial charge in [0.15, 0.2) is 5.82 Å². The van der Waals surface area contributed by atoms with E-state index in [4.69, 9.17) is 0 Å². The molecule has 0 aliphatic carbocycles. The molecule has 6 nitrogen and oxygen atoms in total. The Balaban J connectivity index is 1.93. The van der Waals surface area contributed by atoms with Gasteiger partial charge in [0.2, 0.25) is 5.95 Å². The lowest BCUT2D eigenvalue weighted by Gasteiger charge is -2.14. The molecule has 0 atom stereocenters. The van der Waals surface area contributed by atoms with Crippen molar-refractivity contribution < 1.29 is 13.2 Å². The maximum atomic E-state index is 13.5. The maximum absolute atomic E-state index is 13.5. The van der Waals surface area contributed by atoms with Gasteiger partial charge in [-0.2, -0.15) is 18.2 Å². The average molecular weight is 496 g/mol. The number of aryl methyl sites for hydroxylation is 1. The fraction of sp³-hybridized carbons (Fsp3) is 0.111. The van der Waals surface area contributed by atoms with Crippen molar-refractivity contribution in [3.8, 4) is 11.4 Å². The number of benzene rings is 2. The summed E-state index contributed by atoms with van der Waals surface area (Å²) in [6.45, 7) is 1.74. The van der Waals surface area contributed by atoms with Gasteiger partial charge in [-0.25, -0.2) is 9.97 Å². The predicted octanol–water partition coefficient (Wildman–Crippen LogP) is 5.09. The molecule has 28 heavy (non-hydrogen) atoms. The van der Waals surface area contributed by atoms with E-state index < -0.39 is 11.7 Å². The predicted molar refractivity (Wildman–Crippen MR) is 107 cm³/mol. The number of hydrogen-bond acceptors (Lipinski definition) is 5. The molecule has 4 rings (SSSR count). The van der Waals surface area contributed by atoms with E-state index in [1.54, 1.807) is 19.1 Å². The molecule has 2 aromatic carbocycles. The summed E-state index contributed by atoms with van der Waals surface area (Å²) in [4.78, 5) is 12.9. The number of fused-ring (bicyclic) bond motifs is 1. The van der Waals surface area contributed by atoms with Gasteiger partial charge in [0.05, 0.1) is 11.1 Å². The summed E-state index contributed by atoms with van der Waals surface area (Å²) in [6.07, 6.45) is -4.52. The minimum atomic E-state index is -4.52. The van der Waals surface area contributed by atoms with Crippen molar-refractivity contribution in [2.45, 2.75) is 13.1 Å². The number of H-pyrrole nitrogens is 1. The zero-order valence-corrected chi connectivity index (χ0v) is 16.5. The van der Waals surface area contributed by atoms with Gasteiger partial charge in [-0.3, -0.25) is 5.10 Å². The largest absolute Gasteiger partial charge is 0.417 e. The molecule has 0 bridgehead atoms. The van der Waals surface area contributed by atoms with Gasteiger partial charge in [0.1, 0.15) is 11.6 Å². The Bertz CT molecular complexity index is 1170. The first-order valence-corrected chi connectivity index (χ1v) is 9.19. The van der Waals surface area contributed by atoms with Crippen LogP contribution in [0.15, 0.2) is 42.5 Å². The molecule has 0 radical (unpaired) electrons. The van der Waals surface area contributed by atoms with E-state index in [-0.39, 0.29) is 17.3 Å². The lowest BCUT2D eigenvalue weighted by molar-refractivity contribution is -0.137. The number of alkyl halides is 3. The van der Waals surface area contributed by atoms with E-state index in [0.29, 0.717) is 22.5 Å². The SMILES string of the molecule is Cc1nc(Nc2nc(-c3ccccc3C(F)(F)F)nc3cc(I)ccc23)n[nH]1. The van der Waals surface area contributed by atoms with Crippen LogP contribution in [0.1, 0.15) is 11.4 Å². The van der Waals surface area contributed by atoms with Crippen molar-refractivity contribution >= 4 is 45.3 Å². The fourth-order valence-corrected chi connectivity index (χ4v) is 3.22. The van der Waals surface area contributed by atoms with Gasteiger partial charge in [0, 0.05) is 14.5 Å². The molecule has 2 heterocycles. The number of nitrogens with one attached hydrogen (secondary N) is 2. The van der Waals surface area contributed by atoms with E-state index >= 15 is 0 Å². The zero-order valence-electron chi connectivity index (χ0n) is 14.3. The maximum Gasteiger partial charge on any atom is 0.417 e. The highest BCUT2D eigenvalue weighted by atomic mass is 127. The Hall–Kier alpha value is -2.76. The van der Waals surface area contributed by atoms with E-state index in [0.717, 1.165) is 9.64 Å². The summed E-state index contributed by atoms with van der Waals surface area (Å²) in [5, 5.41) is 10.3. The van der Waals surface area contributed by atoms with Gasteiger partial charge >= 0.3 is 6.18 Å². The van der Waals surface area contributed by atoms with Crippen LogP contribution in [0.25, 0.3) is 22.3 Å². The first-order chi connectivity index (χ1) is 13.3. The molecule has 0 amide bonds. The monoisotopic (exact) mass is 496 g/mol. The second kappa shape index (κ2) is 7.00. The molecule has 142 valence electrons. The lowest BCUT2D eigenvalue weighted by Crippen LogP contribution is -2.09. The molecule has 0 fully saturated rings. The number of hydrogen-bond donors (Lipinski definition) is 2. The molecular weight excluding hydrogens is 484 g/mol.